The first kappa shape index (κ1) is 18.1. The van der Waals surface area contributed by atoms with Crippen molar-refractivity contribution in [3.8, 4) is 5.75 Å². The number of nitrogens with one attached hydrogen (secondary N) is 1. The quantitative estimate of drug-likeness (QED) is 0.448. The Morgan fingerprint density at radius 1 is 1.23 bits per heavy atom. The molecule has 0 radical (unpaired) electrons. The van der Waals surface area contributed by atoms with E-state index < -0.39 is 0 Å². The van der Waals surface area contributed by atoms with Gasteiger partial charge in [-0.3, -0.25) is 10.1 Å². The zero-order valence-electron chi connectivity index (χ0n) is 15.0. The summed E-state index contributed by atoms with van der Waals surface area (Å²) in [5.41, 5.74) is 3.00. The molecular weight excluding hydrogens is 344 g/mol. The summed E-state index contributed by atoms with van der Waals surface area (Å²) in [4.78, 5) is 16.6. The van der Waals surface area contributed by atoms with Gasteiger partial charge in [-0.1, -0.05) is 48.9 Å². The molecule has 1 N–H and O–H groups in total. The lowest BCUT2D eigenvalue weighted by Crippen LogP contribution is -2.07. The fraction of sp³-hybridized carbons (Fsp3) is 0.238. The largest absolute Gasteiger partial charge is 0.494 e. The third kappa shape index (κ3) is 4.70. The number of fused-ring (bicyclic) bond motifs is 1. The maximum absolute atomic E-state index is 12.1. The van der Waals surface area contributed by atoms with Gasteiger partial charge >= 0.3 is 0 Å². The van der Waals surface area contributed by atoms with Gasteiger partial charge < -0.3 is 4.74 Å². The van der Waals surface area contributed by atoms with Crippen LogP contribution in [-0.2, 0) is 4.79 Å². The number of thiazole rings is 1. The van der Waals surface area contributed by atoms with E-state index >= 15 is 0 Å². The maximum Gasteiger partial charge on any atom is 0.250 e. The van der Waals surface area contributed by atoms with Crippen LogP contribution in [0.4, 0.5) is 5.13 Å². The second kappa shape index (κ2) is 8.63. The highest BCUT2D eigenvalue weighted by Crippen LogP contribution is 2.27. The number of aryl methyl sites for hydroxylation is 1. The summed E-state index contributed by atoms with van der Waals surface area (Å²) in [6, 6.07) is 13.7. The average Bonchev–Trinajstić information content (AvgIpc) is 3.05. The number of unbranched alkanes of at least 4 members (excludes halogenated alkanes) is 1. The number of carbonyl (C=O) groups excluding carboxylic acids is 1. The van der Waals surface area contributed by atoms with Crippen LogP contribution in [0.1, 0.15) is 30.9 Å². The predicted octanol–water partition coefficient (Wildman–Crippen LogP) is 5.44. The molecule has 0 unspecified atom stereocenters. The first-order valence-corrected chi connectivity index (χ1v) is 9.55. The van der Waals surface area contributed by atoms with Gasteiger partial charge in [-0.2, -0.15) is 0 Å². The van der Waals surface area contributed by atoms with Crippen LogP contribution in [0.15, 0.2) is 48.5 Å². The van der Waals surface area contributed by atoms with Crippen molar-refractivity contribution in [2.75, 3.05) is 11.9 Å². The fourth-order valence-electron chi connectivity index (χ4n) is 2.47. The van der Waals surface area contributed by atoms with Crippen molar-refractivity contribution in [2.24, 2.45) is 0 Å². The molecule has 26 heavy (non-hydrogen) atoms. The number of aromatic nitrogens is 1. The van der Waals surface area contributed by atoms with Crippen LogP contribution in [0, 0.1) is 6.92 Å². The average molecular weight is 366 g/mol. The molecule has 0 aliphatic rings. The van der Waals surface area contributed by atoms with Gasteiger partial charge in [0, 0.05) is 6.08 Å². The summed E-state index contributed by atoms with van der Waals surface area (Å²) >= 11 is 1.48. The molecule has 0 aliphatic heterocycles. The zero-order chi connectivity index (χ0) is 18.4. The Balaban J connectivity index is 1.59. The number of ether oxygens (including phenoxy) is 1. The van der Waals surface area contributed by atoms with Crippen molar-refractivity contribution >= 4 is 38.7 Å². The fourth-order valence-corrected chi connectivity index (χ4v) is 3.41. The van der Waals surface area contributed by atoms with E-state index in [9.17, 15) is 4.79 Å². The van der Waals surface area contributed by atoms with E-state index in [0.717, 1.165) is 46.5 Å². The lowest BCUT2D eigenvalue weighted by atomic mass is 10.2. The van der Waals surface area contributed by atoms with Crippen molar-refractivity contribution in [3.63, 3.8) is 0 Å². The SMILES string of the molecule is CCCCOc1ccc(/C=C/C(=O)Nc2nc3c(C)cccc3s2)cc1. The maximum atomic E-state index is 12.1. The van der Waals surface area contributed by atoms with Crippen molar-refractivity contribution in [1.29, 1.82) is 0 Å². The summed E-state index contributed by atoms with van der Waals surface area (Å²) in [5.74, 6) is 0.662. The van der Waals surface area contributed by atoms with Gasteiger partial charge in [0.1, 0.15) is 5.75 Å². The smallest absolute Gasteiger partial charge is 0.250 e. The molecule has 0 bridgehead atoms. The Bertz CT molecular complexity index is 913. The molecule has 1 heterocycles. The standard InChI is InChI=1S/C21H22N2O2S/c1-3-4-14-25-17-11-8-16(9-12-17)10-13-19(24)22-21-23-20-15(2)6-5-7-18(20)26-21/h5-13H,3-4,14H2,1-2H3,(H,22,23,24)/b13-10+. The summed E-state index contributed by atoms with van der Waals surface area (Å²) in [7, 11) is 0. The van der Waals surface area contributed by atoms with Gasteiger partial charge in [-0.25, -0.2) is 4.98 Å². The van der Waals surface area contributed by atoms with Gasteiger partial charge in [0.25, 0.3) is 0 Å². The number of anilines is 1. The molecule has 0 fully saturated rings. The number of nitrogens with zero attached hydrogens (tertiary/aromatic N) is 1. The van der Waals surface area contributed by atoms with Crippen molar-refractivity contribution in [2.45, 2.75) is 26.7 Å². The molecule has 0 aliphatic carbocycles. The highest BCUT2D eigenvalue weighted by molar-refractivity contribution is 7.22. The highest BCUT2D eigenvalue weighted by atomic mass is 32.1. The van der Waals surface area contributed by atoms with Crippen LogP contribution in [-0.4, -0.2) is 17.5 Å². The number of rotatable bonds is 7. The Labute approximate surface area is 157 Å². The van der Waals surface area contributed by atoms with E-state index in [1.54, 1.807) is 6.08 Å². The highest BCUT2D eigenvalue weighted by Gasteiger charge is 2.07. The number of amides is 1. The van der Waals surface area contributed by atoms with Crippen LogP contribution in [0.25, 0.3) is 16.3 Å². The van der Waals surface area contributed by atoms with Crippen LogP contribution in [0.2, 0.25) is 0 Å². The van der Waals surface area contributed by atoms with E-state index in [1.165, 1.54) is 17.4 Å². The normalized spacial score (nSPS) is 11.2. The van der Waals surface area contributed by atoms with Crippen molar-refractivity contribution in [1.82, 2.24) is 4.98 Å². The predicted molar refractivity (Wildman–Crippen MR) is 109 cm³/mol. The second-order valence-corrected chi connectivity index (χ2v) is 7.06. The van der Waals surface area contributed by atoms with Crippen molar-refractivity contribution in [3.05, 3.63) is 59.7 Å². The molecule has 3 aromatic rings. The second-order valence-electron chi connectivity index (χ2n) is 6.03. The minimum Gasteiger partial charge on any atom is -0.494 e. The minimum atomic E-state index is -0.190. The molecule has 3 rings (SSSR count). The Kier molecular flexibility index (Phi) is 6.02. The first-order chi connectivity index (χ1) is 12.7. The summed E-state index contributed by atoms with van der Waals surface area (Å²) in [6.07, 6.45) is 5.47. The molecule has 134 valence electrons. The van der Waals surface area contributed by atoms with Gasteiger partial charge in [-0.05, 0) is 48.7 Å². The van der Waals surface area contributed by atoms with Crippen LogP contribution < -0.4 is 10.1 Å². The van der Waals surface area contributed by atoms with E-state index in [0.29, 0.717) is 5.13 Å². The Hall–Kier alpha value is -2.66. The summed E-state index contributed by atoms with van der Waals surface area (Å²) in [6.45, 7) is 4.89. The first-order valence-electron chi connectivity index (χ1n) is 8.74. The molecule has 4 nitrogen and oxygen atoms in total. The zero-order valence-corrected chi connectivity index (χ0v) is 15.8. The van der Waals surface area contributed by atoms with E-state index in [1.807, 2.05) is 49.4 Å². The van der Waals surface area contributed by atoms with Crippen LogP contribution >= 0.6 is 11.3 Å². The number of hydrogen-bond acceptors (Lipinski definition) is 4. The molecule has 1 amide bonds. The third-order valence-corrected chi connectivity index (χ3v) is 4.86. The molecule has 0 spiro atoms. The monoisotopic (exact) mass is 366 g/mol. The number of benzene rings is 2. The number of carbonyl (C=O) groups is 1. The van der Waals surface area contributed by atoms with Crippen LogP contribution in [0.5, 0.6) is 5.75 Å². The lowest BCUT2D eigenvalue weighted by molar-refractivity contribution is -0.111. The molecular formula is C21H22N2O2S. The lowest BCUT2D eigenvalue weighted by Gasteiger charge is -2.05. The van der Waals surface area contributed by atoms with Gasteiger partial charge in [0.05, 0.1) is 16.8 Å². The topological polar surface area (TPSA) is 51.2 Å². The molecule has 0 saturated heterocycles. The van der Waals surface area contributed by atoms with Crippen molar-refractivity contribution < 1.29 is 9.53 Å². The molecule has 0 saturated carbocycles. The van der Waals surface area contributed by atoms with E-state index in [-0.39, 0.29) is 5.91 Å². The minimum absolute atomic E-state index is 0.190. The summed E-state index contributed by atoms with van der Waals surface area (Å²) < 4.78 is 6.71. The number of hydrogen-bond donors (Lipinski definition) is 1. The molecule has 0 atom stereocenters. The van der Waals surface area contributed by atoms with Crippen LogP contribution in [0.3, 0.4) is 0 Å². The molecule has 2 aromatic carbocycles. The Morgan fingerprint density at radius 3 is 2.77 bits per heavy atom. The van der Waals surface area contributed by atoms with E-state index in [4.69, 9.17) is 4.74 Å². The molecule has 5 heteroatoms. The number of para-hydroxylation sites is 1. The third-order valence-electron chi connectivity index (χ3n) is 3.92. The van der Waals surface area contributed by atoms with E-state index in [2.05, 4.69) is 17.2 Å². The summed E-state index contributed by atoms with van der Waals surface area (Å²) in [5, 5.41) is 3.45. The molecule has 1 aromatic heterocycles. The van der Waals surface area contributed by atoms with Gasteiger partial charge in [-0.15, -0.1) is 0 Å². The van der Waals surface area contributed by atoms with Gasteiger partial charge in [0.2, 0.25) is 5.91 Å². The Morgan fingerprint density at radius 2 is 2.04 bits per heavy atom. The van der Waals surface area contributed by atoms with Gasteiger partial charge in [0.15, 0.2) is 5.13 Å².